The summed E-state index contributed by atoms with van der Waals surface area (Å²) < 4.78 is 1.87. The summed E-state index contributed by atoms with van der Waals surface area (Å²) in [6, 6.07) is 13.0. The molecule has 0 aliphatic rings. The number of amides is 1. The lowest BCUT2D eigenvalue weighted by molar-refractivity contribution is -0.112. The molecule has 0 saturated carbocycles. The normalized spacial score (nSPS) is 11.3. The first-order valence-electron chi connectivity index (χ1n) is 9.29. The van der Waals surface area contributed by atoms with E-state index in [1.807, 2.05) is 41.1 Å². The Hall–Kier alpha value is -2.95. The molecule has 8 heteroatoms. The van der Waals surface area contributed by atoms with E-state index in [0.29, 0.717) is 15.8 Å². The molecule has 0 fully saturated rings. The molecular formula is C21H20ClN5OS. The van der Waals surface area contributed by atoms with Gasteiger partial charge in [-0.2, -0.15) is 5.26 Å². The van der Waals surface area contributed by atoms with E-state index in [9.17, 15) is 10.1 Å². The van der Waals surface area contributed by atoms with Crippen molar-refractivity contribution in [1.82, 2.24) is 14.8 Å². The Balaban J connectivity index is 1.74. The lowest BCUT2D eigenvalue weighted by Crippen LogP contribution is -2.13. The van der Waals surface area contributed by atoms with E-state index in [0.717, 1.165) is 36.4 Å². The number of carbonyl (C=O) groups is 1. The minimum Gasteiger partial charge on any atom is -0.317 e. The van der Waals surface area contributed by atoms with Crippen molar-refractivity contribution in [3.05, 3.63) is 63.9 Å². The Morgan fingerprint density at radius 2 is 2.07 bits per heavy atom. The number of hydrogen-bond acceptors (Lipinski definition) is 5. The van der Waals surface area contributed by atoms with Crippen LogP contribution >= 0.6 is 22.9 Å². The highest BCUT2D eigenvalue weighted by molar-refractivity contribution is 7.15. The van der Waals surface area contributed by atoms with Crippen LogP contribution in [0.1, 0.15) is 36.9 Å². The second-order valence-electron chi connectivity index (χ2n) is 6.36. The number of nitrogens with zero attached hydrogens (tertiary/aromatic N) is 4. The molecule has 0 aliphatic heterocycles. The van der Waals surface area contributed by atoms with Crippen molar-refractivity contribution in [2.45, 2.75) is 32.6 Å². The Morgan fingerprint density at radius 1 is 1.28 bits per heavy atom. The van der Waals surface area contributed by atoms with Crippen molar-refractivity contribution in [3.8, 4) is 11.8 Å². The number of hydrogen-bond donors (Lipinski definition) is 1. The molecule has 0 unspecified atom stereocenters. The Morgan fingerprint density at radius 3 is 2.79 bits per heavy atom. The van der Waals surface area contributed by atoms with Crippen molar-refractivity contribution < 1.29 is 4.79 Å². The number of aromatic nitrogens is 3. The molecule has 6 nitrogen and oxygen atoms in total. The predicted molar refractivity (Wildman–Crippen MR) is 116 cm³/mol. The zero-order valence-electron chi connectivity index (χ0n) is 15.9. The number of carbonyl (C=O) groups excluding carboxylic acids is 1. The Bertz CT molecular complexity index is 1050. The average molecular weight is 426 g/mol. The number of nitrogens with one attached hydrogen (secondary N) is 1. The zero-order chi connectivity index (χ0) is 20.6. The molecule has 29 heavy (non-hydrogen) atoms. The van der Waals surface area contributed by atoms with Gasteiger partial charge in [0.25, 0.3) is 5.91 Å². The number of halogens is 1. The summed E-state index contributed by atoms with van der Waals surface area (Å²) >= 11 is 7.29. The molecule has 0 aliphatic carbocycles. The first kappa shape index (κ1) is 20.8. The van der Waals surface area contributed by atoms with Gasteiger partial charge in [0, 0.05) is 29.0 Å². The zero-order valence-corrected chi connectivity index (χ0v) is 17.5. The summed E-state index contributed by atoms with van der Waals surface area (Å²) in [5.41, 5.74) is 1.57. The smallest absolute Gasteiger partial charge is 0.268 e. The van der Waals surface area contributed by atoms with Crippen molar-refractivity contribution in [1.29, 1.82) is 5.26 Å². The molecule has 1 N–H and O–H groups in total. The summed E-state index contributed by atoms with van der Waals surface area (Å²) in [6.45, 7) is 2.14. The molecule has 0 atom stereocenters. The van der Waals surface area contributed by atoms with Crippen molar-refractivity contribution in [2.24, 2.45) is 0 Å². The van der Waals surface area contributed by atoms with Crippen molar-refractivity contribution in [2.75, 3.05) is 5.32 Å². The molecule has 1 aromatic carbocycles. The number of rotatable bonds is 8. The predicted octanol–water partition coefficient (Wildman–Crippen LogP) is 5.26. The lowest BCUT2D eigenvalue weighted by atomic mass is 10.2. The molecule has 2 aromatic heterocycles. The van der Waals surface area contributed by atoms with Crippen LogP contribution in [0.15, 0.2) is 48.2 Å². The minimum atomic E-state index is -0.507. The van der Waals surface area contributed by atoms with Gasteiger partial charge in [-0.15, -0.1) is 10.2 Å². The molecule has 2 heterocycles. The average Bonchev–Trinajstić information content (AvgIpc) is 3.36. The van der Waals surface area contributed by atoms with Gasteiger partial charge in [0.1, 0.15) is 16.6 Å². The monoisotopic (exact) mass is 425 g/mol. The standard InChI is InChI=1S/C21H20ClN5OS/c1-2-3-4-7-19-25-26-21(29-19)24-20(28)15(14-23)13-18-6-5-12-27(18)17-10-8-16(22)9-11-17/h5-6,8-13H,2-4,7H2,1H3,(H,24,26,28). The third kappa shape index (κ3) is 5.53. The molecule has 148 valence electrons. The van der Waals surface area contributed by atoms with Crippen LogP contribution in [0.3, 0.4) is 0 Å². The molecule has 0 spiro atoms. The molecule has 3 aromatic rings. The SMILES string of the molecule is CCCCCc1nnc(NC(=O)C(C#N)=Cc2cccn2-c2ccc(Cl)cc2)s1. The summed E-state index contributed by atoms with van der Waals surface area (Å²) in [6.07, 6.45) is 7.57. The van der Waals surface area contributed by atoms with Crippen LogP contribution < -0.4 is 5.32 Å². The van der Waals surface area contributed by atoms with Gasteiger partial charge < -0.3 is 4.57 Å². The maximum atomic E-state index is 12.5. The minimum absolute atomic E-state index is 0.0124. The van der Waals surface area contributed by atoms with Crippen LogP contribution in [0.2, 0.25) is 5.02 Å². The van der Waals surface area contributed by atoms with Crippen LogP contribution in [0, 0.1) is 11.3 Å². The number of benzene rings is 1. The first-order valence-corrected chi connectivity index (χ1v) is 10.5. The number of aryl methyl sites for hydroxylation is 1. The maximum absolute atomic E-state index is 12.5. The lowest BCUT2D eigenvalue weighted by Gasteiger charge is -2.07. The van der Waals surface area contributed by atoms with Crippen LogP contribution in [-0.2, 0) is 11.2 Å². The summed E-state index contributed by atoms with van der Waals surface area (Å²) in [5.74, 6) is -0.507. The molecule has 0 bridgehead atoms. The van der Waals surface area contributed by atoms with Gasteiger partial charge >= 0.3 is 0 Å². The summed E-state index contributed by atoms with van der Waals surface area (Å²) in [4.78, 5) is 12.5. The quantitative estimate of drug-likeness (QED) is 0.303. The van der Waals surface area contributed by atoms with Gasteiger partial charge in [-0.3, -0.25) is 10.1 Å². The molecule has 0 radical (unpaired) electrons. The first-order chi connectivity index (χ1) is 14.1. The molecule has 0 saturated heterocycles. The molecular weight excluding hydrogens is 406 g/mol. The van der Waals surface area contributed by atoms with Crippen LogP contribution in [-0.4, -0.2) is 20.7 Å². The maximum Gasteiger partial charge on any atom is 0.268 e. The third-order valence-corrected chi connectivity index (χ3v) is 5.37. The van der Waals surface area contributed by atoms with Crippen LogP contribution in [0.25, 0.3) is 11.8 Å². The van der Waals surface area contributed by atoms with E-state index < -0.39 is 5.91 Å². The van der Waals surface area contributed by atoms with Gasteiger partial charge in [0.05, 0.1) is 0 Å². The highest BCUT2D eigenvalue weighted by Crippen LogP contribution is 2.20. The van der Waals surface area contributed by atoms with Gasteiger partial charge in [0.2, 0.25) is 5.13 Å². The van der Waals surface area contributed by atoms with Crippen LogP contribution in [0.5, 0.6) is 0 Å². The highest BCUT2D eigenvalue weighted by atomic mass is 35.5. The highest BCUT2D eigenvalue weighted by Gasteiger charge is 2.14. The topological polar surface area (TPSA) is 83.6 Å². The van der Waals surface area contributed by atoms with Gasteiger partial charge in [-0.1, -0.05) is 42.7 Å². The summed E-state index contributed by atoms with van der Waals surface area (Å²) in [5, 5.41) is 22.2. The number of nitriles is 1. The van der Waals surface area contributed by atoms with E-state index in [1.54, 1.807) is 18.2 Å². The Kier molecular flexibility index (Phi) is 7.17. The fraction of sp³-hybridized carbons (Fsp3) is 0.238. The van der Waals surface area contributed by atoms with E-state index >= 15 is 0 Å². The Labute approximate surface area is 178 Å². The van der Waals surface area contributed by atoms with Crippen molar-refractivity contribution >= 4 is 40.1 Å². The largest absolute Gasteiger partial charge is 0.317 e. The fourth-order valence-electron chi connectivity index (χ4n) is 2.74. The van der Waals surface area contributed by atoms with Gasteiger partial charge in [-0.05, 0) is 48.9 Å². The van der Waals surface area contributed by atoms with E-state index in [-0.39, 0.29) is 5.57 Å². The van der Waals surface area contributed by atoms with E-state index in [2.05, 4.69) is 22.4 Å². The third-order valence-electron chi connectivity index (χ3n) is 4.22. The van der Waals surface area contributed by atoms with Crippen molar-refractivity contribution in [3.63, 3.8) is 0 Å². The fourth-order valence-corrected chi connectivity index (χ4v) is 3.64. The second-order valence-corrected chi connectivity index (χ2v) is 7.86. The van der Waals surface area contributed by atoms with E-state index in [4.69, 9.17) is 11.6 Å². The summed E-state index contributed by atoms with van der Waals surface area (Å²) in [7, 11) is 0. The number of unbranched alkanes of at least 4 members (excludes halogenated alkanes) is 2. The number of anilines is 1. The molecule has 1 amide bonds. The van der Waals surface area contributed by atoms with Gasteiger partial charge in [-0.25, -0.2) is 0 Å². The van der Waals surface area contributed by atoms with Crippen LogP contribution in [0.4, 0.5) is 5.13 Å². The second kappa shape index (κ2) is 10.0. The van der Waals surface area contributed by atoms with E-state index in [1.165, 1.54) is 11.3 Å². The molecule has 3 rings (SSSR count). The van der Waals surface area contributed by atoms with Gasteiger partial charge in [0.15, 0.2) is 0 Å².